The number of aryl methyl sites for hydroxylation is 3. The highest BCUT2D eigenvalue weighted by Gasteiger charge is 2.23. The molecule has 0 radical (unpaired) electrons. The molecular weight excluding hydrogens is 308 g/mol. The molecule has 0 aromatic carbocycles. The van der Waals surface area contributed by atoms with Crippen LogP contribution in [0.5, 0.6) is 0 Å². The molecule has 1 aliphatic rings. The minimum atomic E-state index is -0.147. The topological polar surface area (TPSA) is 58.1 Å². The number of carbonyl (C=O) groups is 1. The van der Waals surface area contributed by atoms with Gasteiger partial charge in [-0.25, -0.2) is 9.97 Å². The lowest BCUT2D eigenvalue weighted by Gasteiger charge is -2.21. The highest BCUT2D eigenvalue weighted by atomic mass is 32.1. The molecule has 1 aliphatic heterocycles. The van der Waals surface area contributed by atoms with Gasteiger partial charge in [0.05, 0.1) is 6.04 Å². The molecule has 1 atom stereocenters. The molecule has 0 saturated carbocycles. The van der Waals surface area contributed by atoms with E-state index in [1.165, 1.54) is 10.4 Å². The van der Waals surface area contributed by atoms with Crippen LogP contribution in [0.2, 0.25) is 0 Å². The molecule has 0 aliphatic carbocycles. The summed E-state index contributed by atoms with van der Waals surface area (Å²) >= 11 is 1.70. The SMILES string of the molecule is Cc1nc(C)c2c(C)c(CN[C@@H](C)C(=O)N3CCCC3)sc2n1. The maximum absolute atomic E-state index is 12.4. The molecular formula is C17H24N4OS. The summed E-state index contributed by atoms with van der Waals surface area (Å²) < 4.78 is 0. The zero-order valence-corrected chi connectivity index (χ0v) is 15.1. The Kier molecular flexibility index (Phi) is 4.64. The van der Waals surface area contributed by atoms with Gasteiger partial charge in [-0.05, 0) is 46.1 Å². The second-order valence-electron chi connectivity index (χ2n) is 6.32. The van der Waals surface area contributed by atoms with Gasteiger partial charge in [0.25, 0.3) is 0 Å². The lowest BCUT2D eigenvalue weighted by atomic mass is 10.1. The van der Waals surface area contributed by atoms with Crippen molar-refractivity contribution in [2.75, 3.05) is 13.1 Å². The molecule has 0 bridgehead atoms. The third-order valence-corrected chi connectivity index (χ3v) is 5.72. The fourth-order valence-corrected chi connectivity index (χ4v) is 4.46. The van der Waals surface area contributed by atoms with Crippen molar-refractivity contribution in [1.82, 2.24) is 20.2 Å². The van der Waals surface area contributed by atoms with Crippen molar-refractivity contribution in [3.05, 3.63) is 22.0 Å². The number of rotatable bonds is 4. The molecule has 23 heavy (non-hydrogen) atoms. The Morgan fingerprint density at radius 2 is 1.96 bits per heavy atom. The van der Waals surface area contributed by atoms with E-state index in [2.05, 4.69) is 22.2 Å². The summed E-state index contributed by atoms with van der Waals surface area (Å²) in [7, 11) is 0. The van der Waals surface area contributed by atoms with E-state index in [0.717, 1.165) is 47.7 Å². The minimum absolute atomic E-state index is 0.147. The van der Waals surface area contributed by atoms with Gasteiger partial charge in [-0.1, -0.05) is 0 Å². The molecule has 5 nitrogen and oxygen atoms in total. The van der Waals surface area contributed by atoms with Gasteiger partial charge >= 0.3 is 0 Å². The summed E-state index contributed by atoms with van der Waals surface area (Å²) in [6.07, 6.45) is 2.26. The van der Waals surface area contributed by atoms with Gasteiger partial charge < -0.3 is 10.2 Å². The van der Waals surface area contributed by atoms with Gasteiger partial charge in [-0.15, -0.1) is 11.3 Å². The number of likely N-dealkylation sites (tertiary alicyclic amines) is 1. The standard InChI is InChI=1S/C17H24N4OS/c1-10-14(23-16-15(10)11(2)19-13(4)20-16)9-18-12(3)17(22)21-7-5-6-8-21/h12,18H,5-9H2,1-4H3/t12-/m0/s1. The van der Waals surface area contributed by atoms with Crippen LogP contribution in [-0.4, -0.2) is 39.9 Å². The quantitative estimate of drug-likeness (QED) is 0.935. The molecule has 3 rings (SSSR count). The van der Waals surface area contributed by atoms with Crippen molar-refractivity contribution in [3.63, 3.8) is 0 Å². The van der Waals surface area contributed by atoms with Crippen LogP contribution in [0.4, 0.5) is 0 Å². The second kappa shape index (κ2) is 6.53. The van der Waals surface area contributed by atoms with Crippen LogP contribution >= 0.6 is 11.3 Å². The van der Waals surface area contributed by atoms with Crippen molar-refractivity contribution >= 4 is 27.5 Å². The van der Waals surface area contributed by atoms with Crippen molar-refractivity contribution in [1.29, 1.82) is 0 Å². The first-order chi connectivity index (χ1) is 11.0. The molecule has 124 valence electrons. The van der Waals surface area contributed by atoms with Crippen molar-refractivity contribution < 1.29 is 4.79 Å². The summed E-state index contributed by atoms with van der Waals surface area (Å²) in [5, 5.41) is 4.55. The molecule has 0 spiro atoms. The highest BCUT2D eigenvalue weighted by Crippen LogP contribution is 2.31. The largest absolute Gasteiger partial charge is 0.341 e. The van der Waals surface area contributed by atoms with Crippen LogP contribution < -0.4 is 5.32 Å². The third-order valence-electron chi connectivity index (χ3n) is 4.54. The predicted molar refractivity (Wildman–Crippen MR) is 93.7 cm³/mol. The van der Waals surface area contributed by atoms with Gasteiger partial charge in [0.15, 0.2) is 0 Å². The lowest BCUT2D eigenvalue weighted by Crippen LogP contribution is -2.43. The maximum atomic E-state index is 12.4. The summed E-state index contributed by atoms with van der Waals surface area (Å²) in [6.45, 7) is 10.5. The van der Waals surface area contributed by atoms with Gasteiger partial charge in [0.1, 0.15) is 10.7 Å². The van der Waals surface area contributed by atoms with Crippen LogP contribution in [0.25, 0.3) is 10.2 Å². The fourth-order valence-electron chi connectivity index (χ4n) is 3.23. The van der Waals surface area contributed by atoms with Gasteiger partial charge in [-0.3, -0.25) is 4.79 Å². The van der Waals surface area contributed by atoms with E-state index in [1.54, 1.807) is 11.3 Å². The van der Waals surface area contributed by atoms with Crippen LogP contribution in [0.1, 0.15) is 41.7 Å². The van der Waals surface area contributed by atoms with E-state index in [1.807, 2.05) is 25.7 Å². The Morgan fingerprint density at radius 3 is 2.65 bits per heavy atom. The number of fused-ring (bicyclic) bond motifs is 1. The Morgan fingerprint density at radius 1 is 1.26 bits per heavy atom. The third kappa shape index (κ3) is 3.23. The first-order valence-corrected chi connectivity index (χ1v) is 9.04. The average Bonchev–Trinajstić information content (AvgIpc) is 3.12. The zero-order valence-electron chi connectivity index (χ0n) is 14.3. The monoisotopic (exact) mass is 332 g/mol. The fraction of sp³-hybridized carbons (Fsp3) is 0.588. The average molecular weight is 332 g/mol. The number of hydrogen-bond acceptors (Lipinski definition) is 5. The molecule has 2 aromatic rings. The Labute approximate surface area is 141 Å². The number of nitrogens with zero attached hydrogens (tertiary/aromatic N) is 3. The first-order valence-electron chi connectivity index (χ1n) is 8.22. The van der Waals surface area contributed by atoms with E-state index in [0.29, 0.717) is 6.54 Å². The number of hydrogen-bond donors (Lipinski definition) is 1. The molecule has 1 amide bonds. The normalized spacial score (nSPS) is 16.3. The molecule has 2 aromatic heterocycles. The highest BCUT2D eigenvalue weighted by molar-refractivity contribution is 7.18. The summed E-state index contributed by atoms with van der Waals surface area (Å²) in [5.74, 6) is 1.03. The molecule has 1 saturated heterocycles. The number of carbonyl (C=O) groups excluding carboxylic acids is 1. The van der Waals surface area contributed by atoms with Crippen molar-refractivity contribution in [2.24, 2.45) is 0 Å². The van der Waals surface area contributed by atoms with Gasteiger partial charge in [0, 0.05) is 35.6 Å². The van der Waals surface area contributed by atoms with Gasteiger partial charge in [-0.2, -0.15) is 0 Å². The van der Waals surface area contributed by atoms with Crippen molar-refractivity contribution in [3.8, 4) is 0 Å². The Balaban J connectivity index is 1.73. The Hall–Kier alpha value is -1.53. The summed E-state index contributed by atoms with van der Waals surface area (Å²) in [6, 6.07) is -0.147. The summed E-state index contributed by atoms with van der Waals surface area (Å²) in [5.41, 5.74) is 2.27. The smallest absolute Gasteiger partial charge is 0.239 e. The van der Waals surface area contributed by atoms with E-state index < -0.39 is 0 Å². The van der Waals surface area contributed by atoms with Crippen LogP contribution in [-0.2, 0) is 11.3 Å². The number of aromatic nitrogens is 2. The van der Waals surface area contributed by atoms with E-state index >= 15 is 0 Å². The van der Waals surface area contributed by atoms with E-state index in [9.17, 15) is 4.79 Å². The molecule has 1 N–H and O–H groups in total. The van der Waals surface area contributed by atoms with Gasteiger partial charge in [0.2, 0.25) is 5.91 Å². The second-order valence-corrected chi connectivity index (χ2v) is 7.41. The summed E-state index contributed by atoms with van der Waals surface area (Å²) in [4.78, 5) is 25.6. The maximum Gasteiger partial charge on any atom is 0.239 e. The molecule has 1 fully saturated rings. The van der Waals surface area contributed by atoms with Crippen LogP contribution in [0.3, 0.4) is 0 Å². The minimum Gasteiger partial charge on any atom is -0.341 e. The number of nitrogens with one attached hydrogen (secondary N) is 1. The lowest BCUT2D eigenvalue weighted by molar-refractivity contribution is -0.131. The van der Waals surface area contributed by atoms with Crippen LogP contribution in [0.15, 0.2) is 0 Å². The van der Waals surface area contributed by atoms with E-state index in [-0.39, 0.29) is 11.9 Å². The molecule has 3 heterocycles. The molecule has 0 unspecified atom stereocenters. The predicted octanol–water partition coefficient (Wildman–Crippen LogP) is 2.72. The van der Waals surface area contributed by atoms with Crippen molar-refractivity contribution in [2.45, 2.75) is 53.1 Å². The zero-order chi connectivity index (χ0) is 16.6. The first kappa shape index (κ1) is 16.3. The van der Waals surface area contributed by atoms with E-state index in [4.69, 9.17) is 0 Å². The van der Waals surface area contributed by atoms with Crippen LogP contribution in [0, 0.1) is 20.8 Å². The Bertz CT molecular complexity index is 734. The number of thiophene rings is 1. The number of amides is 1. The molecule has 6 heteroatoms.